The van der Waals surface area contributed by atoms with Gasteiger partial charge in [-0.25, -0.2) is 4.98 Å². The van der Waals surface area contributed by atoms with Crippen molar-refractivity contribution < 1.29 is 4.79 Å². The first-order valence-electron chi connectivity index (χ1n) is 6.56. The van der Waals surface area contributed by atoms with Crippen molar-refractivity contribution in [3.8, 4) is 0 Å². The Kier molecular flexibility index (Phi) is 3.46. The smallest absolute Gasteiger partial charge is 0.254 e. The minimum Gasteiger partial charge on any atom is -0.338 e. The fourth-order valence-electron chi connectivity index (χ4n) is 2.37. The summed E-state index contributed by atoms with van der Waals surface area (Å²) in [5.41, 5.74) is 2.55. The van der Waals surface area contributed by atoms with Crippen molar-refractivity contribution in [2.24, 2.45) is 0 Å². The van der Waals surface area contributed by atoms with Crippen molar-refractivity contribution in [3.05, 3.63) is 35.8 Å². The van der Waals surface area contributed by atoms with Gasteiger partial charge in [-0.15, -0.1) is 0 Å². The zero-order valence-electron chi connectivity index (χ0n) is 11.0. The van der Waals surface area contributed by atoms with Gasteiger partial charge in [0.25, 0.3) is 5.91 Å². The monoisotopic (exact) mass is 275 g/mol. The first-order valence-corrected chi connectivity index (χ1v) is 7.72. The van der Waals surface area contributed by atoms with Gasteiger partial charge in [-0.2, -0.15) is 11.8 Å². The number of carbonyl (C=O) groups is 1. The molecule has 1 amide bonds. The molecular weight excluding hydrogens is 258 g/mol. The topological polar surface area (TPSA) is 37.6 Å². The van der Waals surface area contributed by atoms with Gasteiger partial charge in [-0.05, 0) is 31.2 Å². The number of nitrogens with zero attached hydrogens (tertiary/aromatic N) is 3. The molecule has 2 aromatic rings. The summed E-state index contributed by atoms with van der Waals surface area (Å²) in [5, 5.41) is 0. The first-order chi connectivity index (χ1) is 9.24. The van der Waals surface area contributed by atoms with Gasteiger partial charge < -0.3 is 9.30 Å². The van der Waals surface area contributed by atoms with E-state index in [1.807, 2.05) is 52.5 Å². The quantitative estimate of drug-likeness (QED) is 0.801. The maximum Gasteiger partial charge on any atom is 0.254 e. The molecule has 4 nitrogen and oxygen atoms in total. The van der Waals surface area contributed by atoms with Crippen molar-refractivity contribution in [2.75, 3.05) is 24.6 Å². The van der Waals surface area contributed by atoms with Gasteiger partial charge in [0.2, 0.25) is 0 Å². The fraction of sp³-hybridized carbons (Fsp3) is 0.429. The molecule has 0 aliphatic carbocycles. The Morgan fingerprint density at radius 3 is 3.16 bits per heavy atom. The fourth-order valence-corrected chi connectivity index (χ4v) is 3.26. The molecule has 0 bridgehead atoms. The molecule has 2 aromatic heterocycles. The van der Waals surface area contributed by atoms with Gasteiger partial charge in [0.15, 0.2) is 0 Å². The number of rotatable bonds is 1. The highest BCUT2D eigenvalue weighted by Crippen LogP contribution is 2.15. The number of imidazole rings is 1. The molecule has 0 radical (unpaired) electrons. The second-order valence-electron chi connectivity index (χ2n) is 4.82. The number of aryl methyl sites for hydroxylation is 1. The Bertz CT molecular complexity index is 600. The predicted octanol–water partition coefficient (Wildman–Crippen LogP) is 2.22. The van der Waals surface area contributed by atoms with Crippen LogP contribution in [0.25, 0.3) is 5.65 Å². The maximum absolute atomic E-state index is 12.5. The van der Waals surface area contributed by atoms with Crippen molar-refractivity contribution in [3.63, 3.8) is 0 Å². The van der Waals surface area contributed by atoms with Crippen LogP contribution in [0.5, 0.6) is 0 Å². The molecule has 3 heterocycles. The number of amides is 1. The van der Waals surface area contributed by atoms with E-state index in [0.29, 0.717) is 0 Å². The number of carbonyl (C=O) groups excluding carboxylic acids is 1. The van der Waals surface area contributed by atoms with Crippen LogP contribution < -0.4 is 0 Å². The average Bonchev–Trinajstić information content (AvgIpc) is 2.63. The Morgan fingerprint density at radius 1 is 1.37 bits per heavy atom. The lowest BCUT2D eigenvalue weighted by atomic mass is 10.2. The normalized spacial score (nSPS) is 16.6. The molecule has 1 saturated heterocycles. The van der Waals surface area contributed by atoms with Crippen LogP contribution in [0.4, 0.5) is 0 Å². The summed E-state index contributed by atoms with van der Waals surface area (Å²) in [6.45, 7) is 3.67. The zero-order chi connectivity index (χ0) is 13.2. The Balaban J connectivity index is 1.87. The lowest BCUT2D eigenvalue weighted by Gasteiger charge is -2.19. The van der Waals surface area contributed by atoms with Crippen LogP contribution in [0.3, 0.4) is 0 Å². The summed E-state index contributed by atoms with van der Waals surface area (Å²) in [7, 11) is 0. The van der Waals surface area contributed by atoms with E-state index < -0.39 is 0 Å². The summed E-state index contributed by atoms with van der Waals surface area (Å²) in [6, 6.07) is 3.77. The summed E-state index contributed by atoms with van der Waals surface area (Å²) in [6.07, 6.45) is 4.96. The average molecular weight is 275 g/mol. The highest BCUT2D eigenvalue weighted by atomic mass is 32.2. The highest BCUT2D eigenvalue weighted by Gasteiger charge is 2.17. The molecule has 0 aromatic carbocycles. The van der Waals surface area contributed by atoms with Crippen molar-refractivity contribution >= 4 is 23.3 Å². The standard InChI is InChI=1S/C14H17N3OS/c1-11-10-17-5-3-12(9-13(17)15-11)14(18)16-4-2-7-19-8-6-16/h3,5,9-10H,2,4,6-8H2,1H3. The molecule has 0 saturated carbocycles. The third-order valence-corrected chi connectivity index (χ3v) is 4.39. The van der Waals surface area contributed by atoms with E-state index >= 15 is 0 Å². The summed E-state index contributed by atoms with van der Waals surface area (Å²) in [5.74, 6) is 2.32. The zero-order valence-corrected chi connectivity index (χ0v) is 11.8. The second kappa shape index (κ2) is 5.25. The molecule has 0 spiro atoms. The van der Waals surface area contributed by atoms with Crippen LogP contribution in [0, 0.1) is 6.92 Å². The van der Waals surface area contributed by atoms with Crippen molar-refractivity contribution in [2.45, 2.75) is 13.3 Å². The van der Waals surface area contributed by atoms with Crippen LogP contribution in [-0.2, 0) is 0 Å². The molecule has 0 atom stereocenters. The minimum absolute atomic E-state index is 0.130. The number of pyridine rings is 1. The van der Waals surface area contributed by atoms with Gasteiger partial charge >= 0.3 is 0 Å². The number of hydrogen-bond acceptors (Lipinski definition) is 3. The number of fused-ring (bicyclic) bond motifs is 1. The van der Waals surface area contributed by atoms with Crippen molar-refractivity contribution in [1.29, 1.82) is 0 Å². The van der Waals surface area contributed by atoms with Crippen LogP contribution in [0.15, 0.2) is 24.5 Å². The van der Waals surface area contributed by atoms with Crippen molar-refractivity contribution in [1.82, 2.24) is 14.3 Å². The third kappa shape index (κ3) is 2.61. The Hall–Kier alpha value is -1.49. The van der Waals surface area contributed by atoms with Gasteiger partial charge in [0.05, 0.1) is 5.69 Å². The Labute approximate surface area is 116 Å². The van der Waals surface area contributed by atoms with Crippen LogP contribution in [0.1, 0.15) is 22.5 Å². The number of aromatic nitrogens is 2. The third-order valence-electron chi connectivity index (χ3n) is 3.34. The van der Waals surface area contributed by atoms with Crippen LogP contribution in [-0.4, -0.2) is 44.8 Å². The van der Waals surface area contributed by atoms with Crippen LogP contribution >= 0.6 is 11.8 Å². The van der Waals surface area contributed by atoms with Gasteiger partial charge in [0, 0.05) is 36.8 Å². The van der Waals surface area contributed by atoms with E-state index in [1.165, 1.54) is 0 Å². The summed E-state index contributed by atoms with van der Waals surface area (Å²) in [4.78, 5) is 18.9. The predicted molar refractivity (Wildman–Crippen MR) is 77.8 cm³/mol. The van der Waals surface area contributed by atoms with E-state index in [0.717, 1.165) is 47.9 Å². The second-order valence-corrected chi connectivity index (χ2v) is 6.05. The minimum atomic E-state index is 0.130. The molecule has 1 aliphatic heterocycles. The molecule has 1 aliphatic rings. The molecule has 19 heavy (non-hydrogen) atoms. The molecule has 1 fully saturated rings. The first kappa shape index (κ1) is 12.5. The molecule has 0 N–H and O–H groups in total. The Morgan fingerprint density at radius 2 is 2.26 bits per heavy atom. The molecular formula is C14H17N3OS. The summed E-state index contributed by atoms with van der Waals surface area (Å²) >= 11 is 1.93. The molecule has 5 heteroatoms. The highest BCUT2D eigenvalue weighted by molar-refractivity contribution is 7.99. The van der Waals surface area contributed by atoms with E-state index in [9.17, 15) is 4.79 Å². The van der Waals surface area contributed by atoms with E-state index in [4.69, 9.17) is 0 Å². The lowest BCUT2D eigenvalue weighted by Crippen LogP contribution is -2.32. The number of thioether (sulfide) groups is 1. The largest absolute Gasteiger partial charge is 0.338 e. The molecule has 3 rings (SSSR count). The maximum atomic E-state index is 12.5. The van der Waals surface area contributed by atoms with Gasteiger partial charge in [-0.1, -0.05) is 0 Å². The van der Waals surface area contributed by atoms with E-state index in [1.54, 1.807) is 0 Å². The van der Waals surface area contributed by atoms with Crippen LogP contribution in [0.2, 0.25) is 0 Å². The molecule has 0 unspecified atom stereocenters. The lowest BCUT2D eigenvalue weighted by molar-refractivity contribution is 0.0768. The van der Waals surface area contributed by atoms with E-state index in [-0.39, 0.29) is 5.91 Å². The molecule has 100 valence electrons. The van der Waals surface area contributed by atoms with Gasteiger partial charge in [0.1, 0.15) is 5.65 Å². The van der Waals surface area contributed by atoms with Gasteiger partial charge in [-0.3, -0.25) is 4.79 Å². The SMILES string of the molecule is Cc1cn2ccc(C(=O)N3CCCSCC3)cc2n1. The summed E-state index contributed by atoms with van der Waals surface area (Å²) < 4.78 is 1.95. The van der Waals surface area contributed by atoms with E-state index in [2.05, 4.69) is 4.98 Å². The number of hydrogen-bond donors (Lipinski definition) is 0.